The number of likely N-dealkylation sites (N-methyl/N-ethyl adjacent to an activating group) is 1. The van der Waals surface area contributed by atoms with Crippen LogP contribution in [0, 0.1) is 0 Å². The molecule has 0 saturated heterocycles. The smallest absolute Gasteiger partial charge is 0.272 e. The average Bonchev–Trinajstić information content (AvgIpc) is 2.98. The maximum Gasteiger partial charge on any atom is 0.272 e. The van der Waals surface area contributed by atoms with E-state index in [0.717, 1.165) is 33.3 Å². The zero-order valence-corrected chi connectivity index (χ0v) is 20.8. The molecule has 1 aliphatic rings. The predicted molar refractivity (Wildman–Crippen MR) is 149 cm³/mol. The van der Waals surface area contributed by atoms with Gasteiger partial charge in [0.1, 0.15) is 0 Å². The first-order chi connectivity index (χ1) is 16.9. The van der Waals surface area contributed by atoms with Crippen molar-refractivity contribution in [2.75, 3.05) is 23.9 Å². The third-order valence-corrected chi connectivity index (χ3v) is 6.76. The van der Waals surface area contributed by atoms with Gasteiger partial charge >= 0.3 is 0 Å². The third kappa shape index (κ3) is 4.38. The molecular formula is C28H23ClN4OS. The summed E-state index contributed by atoms with van der Waals surface area (Å²) in [5, 5.41) is 6.35. The van der Waals surface area contributed by atoms with Gasteiger partial charge in [0.05, 0.1) is 17.1 Å². The van der Waals surface area contributed by atoms with Crippen LogP contribution in [0.4, 0.5) is 11.4 Å². The Kier molecular flexibility index (Phi) is 6.24. The van der Waals surface area contributed by atoms with Crippen molar-refractivity contribution in [3.63, 3.8) is 0 Å². The molecule has 0 spiro atoms. The van der Waals surface area contributed by atoms with E-state index in [2.05, 4.69) is 23.5 Å². The van der Waals surface area contributed by atoms with Crippen LogP contribution < -0.4 is 15.1 Å². The first-order valence-corrected chi connectivity index (χ1v) is 12.0. The van der Waals surface area contributed by atoms with Gasteiger partial charge in [-0.15, -0.1) is 0 Å². The van der Waals surface area contributed by atoms with Crippen molar-refractivity contribution in [1.29, 1.82) is 0 Å². The van der Waals surface area contributed by atoms with Gasteiger partial charge in [0.2, 0.25) is 6.17 Å². The minimum absolute atomic E-state index is 0.215. The Morgan fingerprint density at radius 1 is 1.00 bits per heavy atom. The summed E-state index contributed by atoms with van der Waals surface area (Å²) >= 11 is 12.1. The Labute approximate surface area is 214 Å². The number of hydrogen-bond acceptors (Lipinski definition) is 3. The molecule has 4 aromatic rings. The Morgan fingerprint density at radius 3 is 2.51 bits per heavy atom. The van der Waals surface area contributed by atoms with Crippen LogP contribution in [0.25, 0.3) is 10.8 Å². The molecule has 7 heteroatoms. The molecule has 1 amide bonds. The van der Waals surface area contributed by atoms with Gasteiger partial charge in [-0.25, -0.2) is 4.99 Å². The third-order valence-electron chi connectivity index (χ3n) is 6.14. The van der Waals surface area contributed by atoms with Gasteiger partial charge in [-0.05, 0) is 41.9 Å². The fourth-order valence-electron chi connectivity index (χ4n) is 4.29. The number of hydrogen-bond donors (Lipinski definition) is 1. The number of benzodiazepines with no additional fused rings is 1. The molecule has 0 saturated carbocycles. The van der Waals surface area contributed by atoms with Gasteiger partial charge in [0.25, 0.3) is 5.91 Å². The van der Waals surface area contributed by atoms with Crippen LogP contribution in [-0.2, 0) is 4.79 Å². The largest absolute Gasteiger partial charge is 0.333 e. The fourth-order valence-corrected chi connectivity index (χ4v) is 4.67. The van der Waals surface area contributed by atoms with Gasteiger partial charge in [0, 0.05) is 35.6 Å². The van der Waals surface area contributed by atoms with E-state index in [4.69, 9.17) is 28.8 Å². The lowest BCUT2D eigenvalue weighted by Gasteiger charge is -2.26. The minimum Gasteiger partial charge on any atom is -0.333 e. The SMILES string of the molecule is CN1C(=O)C(NC(=S)N(C)c2cccc3ccccc23)N=C(c2ccccc2)c2cc(Cl)ccc21. The molecule has 0 bridgehead atoms. The summed E-state index contributed by atoms with van der Waals surface area (Å²) in [6.45, 7) is 0. The highest BCUT2D eigenvalue weighted by atomic mass is 35.5. The lowest BCUT2D eigenvalue weighted by molar-refractivity contribution is -0.119. The number of fused-ring (bicyclic) bond motifs is 2. The summed E-state index contributed by atoms with van der Waals surface area (Å²) in [5.41, 5.74) is 4.03. The number of carbonyl (C=O) groups excluding carboxylic acids is 1. The molecule has 1 aliphatic heterocycles. The second kappa shape index (κ2) is 9.49. The van der Waals surface area contributed by atoms with E-state index >= 15 is 0 Å². The number of halogens is 1. The van der Waals surface area contributed by atoms with Gasteiger partial charge in [-0.1, -0.05) is 78.3 Å². The number of benzene rings is 4. The van der Waals surface area contributed by atoms with E-state index in [0.29, 0.717) is 15.8 Å². The highest BCUT2D eigenvalue weighted by Gasteiger charge is 2.31. The van der Waals surface area contributed by atoms with Gasteiger partial charge in [0.15, 0.2) is 5.11 Å². The number of anilines is 2. The first-order valence-electron chi connectivity index (χ1n) is 11.2. The molecule has 0 fully saturated rings. The molecule has 35 heavy (non-hydrogen) atoms. The number of carbonyl (C=O) groups is 1. The average molecular weight is 499 g/mol. The molecule has 1 N–H and O–H groups in total. The predicted octanol–water partition coefficient (Wildman–Crippen LogP) is 5.64. The summed E-state index contributed by atoms with van der Waals surface area (Å²) in [5.74, 6) is -0.215. The van der Waals surface area contributed by atoms with E-state index in [1.54, 1.807) is 18.0 Å². The monoisotopic (exact) mass is 498 g/mol. The van der Waals surface area contributed by atoms with Crippen molar-refractivity contribution in [3.8, 4) is 0 Å². The zero-order valence-electron chi connectivity index (χ0n) is 19.3. The van der Waals surface area contributed by atoms with Crippen molar-refractivity contribution in [3.05, 3.63) is 107 Å². The molecule has 0 aromatic heterocycles. The van der Waals surface area contributed by atoms with E-state index in [-0.39, 0.29) is 5.91 Å². The van der Waals surface area contributed by atoms with Crippen LogP contribution in [0.1, 0.15) is 11.1 Å². The molecule has 5 rings (SSSR count). The van der Waals surface area contributed by atoms with Crippen LogP contribution in [0.2, 0.25) is 5.02 Å². The molecule has 174 valence electrons. The second-order valence-electron chi connectivity index (χ2n) is 8.31. The van der Waals surface area contributed by atoms with Gasteiger partial charge < -0.3 is 15.1 Å². The number of rotatable bonds is 3. The van der Waals surface area contributed by atoms with E-state index < -0.39 is 6.17 Å². The maximum atomic E-state index is 13.5. The zero-order chi connectivity index (χ0) is 24.5. The number of amides is 1. The quantitative estimate of drug-likeness (QED) is 0.371. The number of nitrogens with zero attached hydrogens (tertiary/aromatic N) is 3. The van der Waals surface area contributed by atoms with Crippen LogP contribution in [0.5, 0.6) is 0 Å². The molecule has 0 radical (unpaired) electrons. The highest BCUT2D eigenvalue weighted by Crippen LogP contribution is 2.30. The lowest BCUT2D eigenvalue weighted by Crippen LogP contribution is -2.49. The number of thiocarbonyl (C=S) groups is 1. The van der Waals surface area contributed by atoms with E-state index in [1.807, 2.05) is 78.7 Å². The molecule has 1 atom stereocenters. The first kappa shape index (κ1) is 23.0. The lowest BCUT2D eigenvalue weighted by atomic mass is 10.0. The van der Waals surface area contributed by atoms with Crippen LogP contribution in [-0.4, -0.2) is 37.0 Å². The second-order valence-corrected chi connectivity index (χ2v) is 9.13. The van der Waals surface area contributed by atoms with Gasteiger partial charge in [-0.3, -0.25) is 4.79 Å². The molecule has 1 unspecified atom stereocenters. The normalized spacial score (nSPS) is 15.3. The summed E-state index contributed by atoms with van der Waals surface area (Å²) < 4.78 is 0. The summed E-state index contributed by atoms with van der Waals surface area (Å²) in [7, 11) is 3.63. The Hall–Kier alpha value is -3.74. The standard InChI is InChI=1S/C28H23ClN4OS/c1-32-24-16-15-20(29)17-22(24)25(19-10-4-3-5-11-19)30-26(27(32)34)31-28(35)33(2)23-14-8-12-18-9-6-7-13-21(18)23/h3-17,26H,1-2H3,(H,31,35). The highest BCUT2D eigenvalue weighted by molar-refractivity contribution is 7.80. The van der Waals surface area contributed by atoms with Crippen molar-refractivity contribution >= 4 is 62.7 Å². The molecule has 4 aromatic carbocycles. The van der Waals surface area contributed by atoms with Crippen LogP contribution in [0.3, 0.4) is 0 Å². The number of aliphatic imine (C=N–C) groups is 1. The van der Waals surface area contributed by atoms with Gasteiger partial charge in [-0.2, -0.15) is 0 Å². The Morgan fingerprint density at radius 2 is 1.71 bits per heavy atom. The summed E-state index contributed by atoms with van der Waals surface area (Å²) in [4.78, 5) is 21.9. The van der Waals surface area contributed by atoms with Crippen molar-refractivity contribution in [2.45, 2.75) is 6.17 Å². The molecule has 1 heterocycles. The van der Waals surface area contributed by atoms with Crippen molar-refractivity contribution in [1.82, 2.24) is 5.32 Å². The van der Waals surface area contributed by atoms with E-state index in [1.165, 1.54) is 0 Å². The van der Waals surface area contributed by atoms with Crippen LogP contribution >= 0.6 is 23.8 Å². The minimum atomic E-state index is -0.911. The van der Waals surface area contributed by atoms with E-state index in [9.17, 15) is 4.79 Å². The summed E-state index contributed by atoms with van der Waals surface area (Å²) in [6.07, 6.45) is -0.911. The Balaban J connectivity index is 1.54. The fraction of sp³-hybridized carbons (Fsp3) is 0.107. The number of nitrogens with one attached hydrogen (secondary N) is 1. The van der Waals surface area contributed by atoms with Crippen molar-refractivity contribution in [2.24, 2.45) is 4.99 Å². The Bertz CT molecular complexity index is 1470. The van der Waals surface area contributed by atoms with Crippen LogP contribution in [0.15, 0.2) is 96.0 Å². The molecule has 5 nitrogen and oxygen atoms in total. The molecule has 0 aliphatic carbocycles. The van der Waals surface area contributed by atoms with Crippen molar-refractivity contribution < 1.29 is 4.79 Å². The maximum absolute atomic E-state index is 13.5. The molecular weight excluding hydrogens is 476 g/mol. The topological polar surface area (TPSA) is 47.9 Å². The summed E-state index contributed by atoms with van der Waals surface area (Å²) in [6, 6.07) is 29.4.